The van der Waals surface area contributed by atoms with Crippen molar-refractivity contribution < 1.29 is 31.1 Å². The predicted molar refractivity (Wildman–Crippen MR) is 126 cm³/mol. The van der Waals surface area contributed by atoms with Crippen molar-refractivity contribution >= 4 is 44.7 Å². The number of ether oxygens (including phenoxy) is 1. The third-order valence-electron chi connectivity index (χ3n) is 4.86. The average molecular weight is 529 g/mol. The van der Waals surface area contributed by atoms with Crippen LogP contribution >= 0.6 is 23.1 Å². The van der Waals surface area contributed by atoms with Crippen LogP contribution < -0.4 is 10.5 Å². The molecule has 3 rings (SSSR count). The van der Waals surface area contributed by atoms with Gasteiger partial charge in [-0.1, -0.05) is 12.1 Å². The lowest BCUT2D eigenvalue weighted by Crippen LogP contribution is -2.27. The summed E-state index contributed by atoms with van der Waals surface area (Å²) in [5.74, 6) is -2.83. The molecule has 0 bridgehead atoms. The van der Waals surface area contributed by atoms with Crippen LogP contribution in [0, 0.1) is 19.3 Å². The third-order valence-corrected chi connectivity index (χ3v) is 9.19. The van der Waals surface area contributed by atoms with Gasteiger partial charge < -0.3 is 10.5 Å². The summed E-state index contributed by atoms with van der Waals surface area (Å²) >= 11 is 2.35. The van der Waals surface area contributed by atoms with E-state index in [0.717, 1.165) is 16.9 Å². The molecule has 34 heavy (non-hydrogen) atoms. The lowest BCUT2D eigenvalue weighted by atomic mass is 9.96. The van der Waals surface area contributed by atoms with Crippen LogP contribution in [0.4, 0.5) is 13.2 Å². The van der Waals surface area contributed by atoms with Gasteiger partial charge in [-0.2, -0.15) is 13.2 Å². The molecule has 0 aliphatic heterocycles. The molecular weight excluding hydrogens is 509 g/mol. The second-order valence-electron chi connectivity index (χ2n) is 7.22. The summed E-state index contributed by atoms with van der Waals surface area (Å²) < 4.78 is 69.1. The second-order valence-corrected chi connectivity index (χ2v) is 11.3. The van der Waals surface area contributed by atoms with Crippen LogP contribution in [0.2, 0.25) is 0 Å². The Labute approximate surface area is 202 Å². The summed E-state index contributed by atoms with van der Waals surface area (Å²) in [7, 11) is -3.95. The van der Waals surface area contributed by atoms with Gasteiger partial charge in [0.2, 0.25) is 9.84 Å². The molecule has 1 heterocycles. The summed E-state index contributed by atoms with van der Waals surface area (Å²) in [6, 6.07) is 9.94. The van der Waals surface area contributed by atoms with Gasteiger partial charge in [0.05, 0.1) is 18.9 Å². The van der Waals surface area contributed by atoms with Crippen molar-refractivity contribution in [3.05, 3.63) is 58.5 Å². The molecule has 0 spiro atoms. The lowest BCUT2D eigenvalue weighted by Gasteiger charge is -2.14. The van der Waals surface area contributed by atoms with Crippen molar-refractivity contribution in [3.8, 4) is 16.9 Å². The van der Waals surface area contributed by atoms with Gasteiger partial charge in [-0.15, -0.1) is 23.1 Å². The molecule has 3 N–H and O–H groups in total. The number of sulfone groups is 1. The fourth-order valence-corrected chi connectivity index (χ4v) is 7.06. The zero-order valence-electron chi connectivity index (χ0n) is 18.1. The minimum atomic E-state index is -5.12. The Balaban J connectivity index is 2.05. The Kier molecular flexibility index (Phi) is 7.15. The largest absolute Gasteiger partial charge is 0.491 e. The molecular formula is C22H19F3N2O4S3. The molecule has 2 aromatic carbocycles. The summed E-state index contributed by atoms with van der Waals surface area (Å²) in [6.07, 6.45) is -3.39. The highest BCUT2D eigenvalue weighted by molar-refractivity contribution is 8.01. The number of nitrogens with one attached hydrogen (secondary N) is 1. The number of amidine groups is 1. The number of aryl methyl sites for hydroxylation is 2. The van der Waals surface area contributed by atoms with Crippen molar-refractivity contribution in [2.75, 3.05) is 6.26 Å². The van der Waals surface area contributed by atoms with E-state index in [2.05, 4.69) is 4.74 Å². The van der Waals surface area contributed by atoms with Gasteiger partial charge in [-0.05, 0) is 72.7 Å². The standard InChI is InChI=1S/C22H19F3N2O4S3/c1-11-4-6-14(34(29,30)18-10-17(19(26)27)33-20(18)32-3)9-16(11)15-7-5-13(8-12(15)2)31-21(28)22(23,24)25/h4-10H,1-3H3,(H3,26,27). The monoisotopic (exact) mass is 528 g/mol. The molecule has 0 aliphatic rings. The van der Waals surface area contributed by atoms with Crippen LogP contribution in [0.5, 0.6) is 5.75 Å². The van der Waals surface area contributed by atoms with E-state index >= 15 is 0 Å². The second kappa shape index (κ2) is 9.43. The Morgan fingerprint density at radius 3 is 2.29 bits per heavy atom. The van der Waals surface area contributed by atoms with Gasteiger partial charge in [0, 0.05) is 0 Å². The predicted octanol–water partition coefficient (Wildman–Crippen LogP) is 5.34. The maximum absolute atomic E-state index is 13.4. The van der Waals surface area contributed by atoms with E-state index in [4.69, 9.17) is 11.1 Å². The first-order chi connectivity index (χ1) is 15.8. The van der Waals surface area contributed by atoms with Crippen LogP contribution in [-0.4, -0.2) is 32.7 Å². The molecule has 0 unspecified atom stereocenters. The van der Waals surface area contributed by atoms with Crippen LogP contribution in [0.15, 0.2) is 56.5 Å². The van der Waals surface area contributed by atoms with E-state index in [1.807, 2.05) is 0 Å². The van der Waals surface area contributed by atoms with Gasteiger partial charge >= 0.3 is 12.1 Å². The van der Waals surface area contributed by atoms with Gasteiger partial charge in [-0.25, -0.2) is 13.2 Å². The van der Waals surface area contributed by atoms with Crippen LogP contribution in [0.1, 0.15) is 16.0 Å². The van der Waals surface area contributed by atoms with Gasteiger partial charge in [0.15, 0.2) is 0 Å². The number of rotatable bonds is 6. The SMILES string of the molecule is CSc1sc(C(=N)N)cc1S(=O)(=O)c1ccc(C)c(-c2ccc(OC(=O)C(F)(F)F)cc2C)c1. The van der Waals surface area contributed by atoms with Crippen molar-refractivity contribution in [3.63, 3.8) is 0 Å². The van der Waals surface area contributed by atoms with E-state index in [1.54, 1.807) is 26.2 Å². The molecule has 0 saturated carbocycles. The van der Waals surface area contributed by atoms with Crippen LogP contribution in [-0.2, 0) is 14.6 Å². The quantitative estimate of drug-likeness (QED) is 0.147. The number of hydrogen-bond acceptors (Lipinski definition) is 7. The molecule has 0 saturated heterocycles. The Morgan fingerprint density at radius 2 is 1.74 bits per heavy atom. The summed E-state index contributed by atoms with van der Waals surface area (Å²) in [5.41, 5.74) is 7.89. The number of nitrogens with two attached hydrogens (primary N) is 1. The Morgan fingerprint density at radius 1 is 1.06 bits per heavy atom. The highest BCUT2D eigenvalue weighted by Gasteiger charge is 2.41. The molecule has 1 aromatic heterocycles. The molecule has 3 aromatic rings. The van der Waals surface area contributed by atoms with E-state index in [-0.39, 0.29) is 21.4 Å². The smallest absolute Gasteiger partial charge is 0.420 e. The minimum Gasteiger partial charge on any atom is -0.420 e. The third kappa shape index (κ3) is 5.13. The average Bonchev–Trinajstić information content (AvgIpc) is 3.19. The number of carbonyl (C=O) groups is 1. The van der Waals surface area contributed by atoms with E-state index < -0.39 is 22.0 Å². The number of alkyl halides is 3. The molecule has 0 atom stereocenters. The zero-order chi connectivity index (χ0) is 25.4. The number of hydrogen-bond donors (Lipinski definition) is 2. The van der Waals surface area contributed by atoms with Gasteiger partial charge in [0.25, 0.3) is 0 Å². The molecule has 0 aliphatic carbocycles. The van der Waals surface area contributed by atoms with Gasteiger partial charge in [0.1, 0.15) is 11.6 Å². The van der Waals surface area contributed by atoms with Crippen LogP contribution in [0.25, 0.3) is 11.1 Å². The molecule has 6 nitrogen and oxygen atoms in total. The number of halogens is 3. The van der Waals surface area contributed by atoms with E-state index in [1.165, 1.54) is 48.2 Å². The number of thioether (sulfide) groups is 1. The lowest BCUT2D eigenvalue weighted by molar-refractivity contribution is -0.189. The van der Waals surface area contributed by atoms with Crippen molar-refractivity contribution in [1.29, 1.82) is 5.41 Å². The van der Waals surface area contributed by atoms with E-state index in [9.17, 15) is 26.4 Å². The molecule has 0 amide bonds. The zero-order valence-corrected chi connectivity index (χ0v) is 20.6. The summed E-state index contributed by atoms with van der Waals surface area (Å²) in [5, 5.41) is 7.61. The summed E-state index contributed by atoms with van der Waals surface area (Å²) in [4.78, 5) is 11.5. The van der Waals surface area contributed by atoms with Crippen molar-refractivity contribution in [2.45, 2.75) is 34.0 Å². The maximum Gasteiger partial charge on any atom is 0.491 e. The topological polar surface area (TPSA) is 110 Å². The molecule has 0 fully saturated rings. The van der Waals surface area contributed by atoms with Crippen LogP contribution in [0.3, 0.4) is 0 Å². The van der Waals surface area contributed by atoms with Gasteiger partial charge in [-0.3, -0.25) is 5.41 Å². The molecule has 180 valence electrons. The number of carbonyl (C=O) groups excluding carboxylic acids is 1. The van der Waals surface area contributed by atoms with E-state index in [0.29, 0.717) is 25.8 Å². The number of benzene rings is 2. The molecule has 12 heteroatoms. The number of nitrogen functional groups attached to an aromatic ring is 1. The fourth-order valence-electron chi connectivity index (χ4n) is 3.17. The first kappa shape index (κ1) is 25.8. The normalized spacial score (nSPS) is 11.9. The number of esters is 1. The van der Waals surface area contributed by atoms with Crippen molar-refractivity contribution in [2.24, 2.45) is 5.73 Å². The first-order valence-electron chi connectivity index (χ1n) is 9.53. The van der Waals surface area contributed by atoms with Crippen molar-refractivity contribution in [1.82, 2.24) is 0 Å². The highest BCUT2D eigenvalue weighted by atomic mass is 32.2. The highest BCUT2D eigenvalue weighted by Crippen LogP contribution is 2.38. The molecule has 0 radical (unpaired) electrons. The maximum atomic E-state index is 13.4. The Bertz CT molecular complexity index is 1400. The first-order valence-corrected chi connectivity index (χ1v) is 13.1. The number of thiophene rings is 1. The minimum absolute atomic E-state index is 0.0169. The Hall–Kier alpha value is -2.83. The summed E-state index contributed by atoms with van der Waals surface area (Å²) in [6.45, 7) is 3.39. The fraction of sp³-hybridized carbons (Fsp3) is 0.182.